The Kier molecular flexibility index (Phi) is 2.75. The minimum absolute atomic E-state index is 0.448. The van der Waals surface area contributed by atoms with E-state index in [1.54, 1.807) is 11.3 Å². The van der Waals surface area contributed by atoms with Gasteiger partial charge in [-0.1, -0.05) is 11.6 Å². The van der Waals surface area contributed by atoms with Gasteiger partial charge >= 0.3 is 0 Å². The van der Waals surface area contributed by atoms with Crippen molar-refractivity contribution in [3.63, 3.8) is 0 Å². The van der Waals surface area contributed by atoms with Crippen molar-refractivity contribution in [1.29, 1.82) is 0 Å². The van der Waals surface area contributed by atoms with Crippen LogP contribution in [0.2, 0.25) is 5.02 Å². The molecule has 0 aliphatic rings. The van der Waals surface area contributed by atoms with Gasteiger partial charge in [-0.25, -0.2) is 0 Å². The van der Waals surface area contributed by atoms with E-state index in [1.165, 1.54) is 0 Å². The van der Waals surface area contributed by atoms with Gasteiger partial charge in [0, 0.05) is 25.6 Å². The highest BCUT2D eigenvalue weighted by atomic mass is 35.5. The molecule has 2 aromatic rings. The molecular weight excluding hydrogens is 243 g/mol. The number of halogens is 2. The fourth-order valence-electron chi connectivity index (χ4n) is 1.26. The van der Waals surface area contributed by atoms with Crippen molar-refractivity contribution in [2.24, 2.45) is 0 Å². The number of thiol groups is 1. The number of hydrogen-bond acceptors (Lipinski definition) is 2. The van der Waals surface area contributed by atoms with Gasteiger partial charge in [-0.2, -0.15) is 0 Å². The van der Waals surface area contributed by atoms with Gasteiger partial charge in [-0.3, -0.25) is 0 Å². The lowest BCUT2D eigenvalue weighted by Gasteiger charge is -2.03. The summed E-state index contributed by atoms with van der Waals surface area (Å²) in [6.45, 7) is 0. The zero-order chi connectivity index (χ0) is 9.42. The first-order chi connectivity index (χ1) is 6.24. The van der Waals surface area contributed by atoms with Crippen molar-refractivity contribution >= 4 is 57.3 Å². The van der Waals surface area contributed by atoms with Gasteiger partial charge in [-0.05, 0) is 17.5 Å². The lowest BCUT2D eigenvalue weighted by atomic mass is 10.2. The van der Waals surface area contributed by atoms with Crippen LogP contribution in [0.5, 0.6) is 0 Å². The molecule has 1 heterocycles. The van der Waals surface area contributed by atoms with E-state index in [2.05, 4.69) is 12.6 Å². The van der Waals surface area contributed by atoms with Gasteiger partial charge in [-0.15, -0.1) is 35.6 Å². The van der Waals surface area contributed by atoms with Gasteiger partial charge in [0.05, 0.1) is 5.88 Å². The minimum Gasteiger partial charge on any atom is -0.143 e. The Morgan fingerprint density at radius 3 is 2.92 bits per heavy atom. The molecule has 0 radical (unpaired) electrons. The summed E-state index contributed by atoms with van der Waals surface area (Å²) in [6, 6.07) is 3.88. The summed E-state index contributed by atoms with van der Waals surface area (Å²) >= 11 is 17.9. The fourth-order valence-corrected chi connectivity index (χ4v) is 3.45. The standard InChI is InChI=1S/C9H6Cl2S2/c10-4-6-7(11)3-8(12)5-1-2-13-9(5)6/h1-3,12H,4H2. The molecule has 68 valence electrons. The summed E-state index contributed by atoms with van der Waals surface area (Å²) in [5.41, 5.74) is 1.01. The third-order valence-corrected chi connectivity index (χ3v) is 3.85. The van der Waals surface area contributed by atoms with Crippen molar-refractivity contribution in [3.8, 4) is 0 Å². The van der Waals surface area contributed by atoms with Crippen molar-refractivity contribution in [2.45, 2.75) is 10.8 Å². The van der Waals surface area contributed by atoms with Gasteiger partial charge in [0.15, 0.2) is 0 Å². The maximum atomic E-state index is 6.04. The molecule has 0 aliphatic heterocycles. The maximum absolute atomic E-state index is 6.04. The third kappa shape index (κ3) is 1.57. The first-order valence-electron chi connectivity index (χ1n) is 3.67. The second kappa shape index (κ2) is 3.70. The topological polar surface area (TPSA) is 0 Å². The van der Waals surface area contributed by atoms with E-state index in [0.717, 1.165) is 20.5 Å². The molecule has 0 atom stereocenters. The zero-order valence-corrected chi connectivity index (χ0v) is 9.77. The molecule has 2 rings (SSSR count). The predicted molar refractivity (Wildman–Crippen MR) is 63.6 cm³/mol. The summed E-state index contributed by atoms with van der Waals surface area (Å²) in [7, 11) is 0. The van der Waals surface area contributed by atoms with Gasteiger partial charge in [0.1, 0.15) is 0 Å². The summed E-state index contributed by atoms with van der Waals surface area (Å²) in [5.74, 6) is 0.448. The normalized spacial score (nSPS) is 11.0. The van der Waals surface area contributed by atoms with Crippen LogP contribution in [-0.4, -0.2) is 0 Å². The molecule has 4 heteroatoms. The highest BCUT2D eigenvalue weighted by Crippen LogP contribution is 2.35. The molecular formula is C9H6Cl2S2. The van der Waals surface area contributed by atoms with E-state index in [4.69, 9.17) is 23.2 Å². The third-order valence-electron chi connectivity index (χ3n) is 1.90. The number of benzene rings is 1. The largest absolute Gasteiger partial charge is 0.143 e. The summed E-state index contributed by atoms with van der Waals surface area (Å²) in [5, 5.41) is 3.86. The van der Waals surface area contributed by atoms with E-state index in [-0.39, 0.29) is 0 Å². The Bertz CT molecular complexity index is 448. The predicted octanol–water partition coefficient (Wildman–Crippen LogP) is 4.58. The van der Waals surface area contributed by atoms with E-state index in [0.29, 0.717) is 10.9 Å². The average molecular weight is 249 g/mol. The maximum Gasteiger partial charge on any atom is 0.0503 e. The Morgan fingerprint density at radius 1 is 1.46 bits per heavy atom. The smallest absolute Gasteiger partial charge is 0.0503 e. The fraction of sp³-hybridized carbons (Fsp3) is 0.111. The monoisotopic (exact) mass is 248 g/mol. The Hall–Kier alpha value is 0.110. The summed E-state index contributed by atoms with van der Waals surface area (Å²) in [4.78, 5) is 0.912. The number of alkyl halides is 1. The number of thiophene rings is 1. The number of rotatable bonds is 1. The molecule has 0 nitrogen and oxygen atoms in total. The SMILES string of the molecule is Sc1cc(Cl)c(CCl)c2sccc12. The van der Waals surface area contributed by atoms with Crippen molar-refractivity contribution in [3.05, 3.63) is 28.1 Å². The van der Waals surface area contributed by atoms with Crippen LogP contribution in [0.15, 0.2) is 22.4 Å². The summed E-state index contributed by atoms with van der Waals surface area (Å²) < 4.78 is 1.15. The first kappa shape index (κ1) is 9.66. The molecule has 1 aromatic carbocycles. The molecule has 0 fully saturated rings. The molecule has 0 unspecified atom stereocenters. The summed E-state index contributed by atoms with van der Waals surface area (Å²) in [6.07, 6.45) is 0. The second-order valence-corrected chi connectivity index (χ2v) is 4.73. The van der Waals surface area contributed by atoms with E-state index in [9.17, 15) is 0 Å². The lowest BCUT2D eigenvalue weighted by molar-refractivity contribution is 1.43. The van der Waals surface area contributed by atoms with Crippen LogP contribution in [0.25, 0.3) is 10.1 Å². The Labute approximate surface area is 95.9 Å². The van der Waals surface area contributed by atoms with Crippen LogP contribution in [0, 0.1) is 0 Å². The van der Waals surface area contributed by atoms with E-state index >= 15 is 0 Å². The average Bonchev–Trinajstić information content (AvgIpc) is 2.53. The van der Waals surface area contributed by atoms with Gasteiger partial charge in [0.2, 0.25) is 0 Å². The highest BCUT2D eigenvalue weighted by Gasteiger charge is 2.09. The van der Waals surface area contributed by atoms with Crippen molar-refractivity contribution in [2.75, 3.05) is 0 Å². The van der Waals surface area contributed by atoms with Crippen LogP contribution in [0.4, 0.5) is 0 Å². The molecule has 13 heavy (non-hydrogen) atoms. The van der Waals surface area contributed by atoms with E-state index in [1.807, 2.05) is 17.5 Å². The van der Waals surface area contributed by atoms with Crippen LogP contribution < -0.4 is 0 Å². The second-order valence-electron chi connectivity index (χ2n) is 2.65. The molecule has 0 saturated carbocycles. The molecule has 1 aromatic heterocycles. The van der Waals surface area contributed by atoms with Crippen LogP contribution in [0.3, 0.4) is 0 Å². The Morgan fingerprint density at radius 2 is 2.23 bits per heavy atom. The molecule has 0 amide bonds. The van der Waals surface area contributed by atoms with Crippen LogP contribution in [-0.2, 0) is 5.88 Å². The van der Waals surface area contributed by atoms with Crippen LogP contribution in [0.1, 0.15) is 5.56 Å². The van der Waals surface area contributed by atoms with Crippen LogP contribution >= 0.6 is 47.2 Å². The molecule has 0 saturated heterocycles. The molecule has 0 bridgehead atoms. The van der Waals surface area contributed by atoms with Crippen molar-refractivity contribution in [1.82, 2.24) is 0 Å². The quantitative estimate of drug-likeness (QED) is 0.555. The number of hydrogen-bond donors (Lipinski definition) is 1. The molecule has 0 N–H and O–H groups in total. The minimum atomic E-state index is 0.448. The lowest BCUT2D eigenvalue weighted by Crippen LogP contribution is -1.81. The zero-order valence-electron chi connectivity index (χ0n) is 6.55. The first-order valence-corrected chi connectivity index (χ1v) is 5.91. The highest BCUT2D eigenvalue weighted by molar-refractivity contribution is 7.80. The van der Waals surface area contributed by atoms with Gasteiger partial charge in [0.25, 0.3) is 0 Å². The van der Waals surface area contributed by atoms with E-state index < -0.39 is 0 Å². The van der Waals surface area contributed by atoms with Crippen molar-refractivity contribution < 1.29 is 0 Å². The Balaban J connectivity index is 2.88. The molecule has 0 spiro atoms. The number of fused-ring (bicyclic) bond motifs is 1. The molecule has 0 aliphatic carbocycles. The van der Waals surface area contributed by atoms with Gasteiger partial charge < -0.3 is 0 Å².